The van der Waals surface area contributed by atoms with Crippen molar-refractivity contribution in [2.24, 2.45) is 5.73 Å². The zero-order chi connectivity index (χ0) is 11.0. The van der Waals surface area contributed by atoms with Crippen molar-refractivity contribution >= 4 is 5.69 Å². The van der Waals surface area contributed by atoms with Crippen molar-refractivity contribution in [3.63, 3.8) is 0 Å². The summed E-state index contributed by atoms with van der Waals surface area (Å²) in [6.45, 7) is 0.326. The van der Waals surface area contributed by atoms with Crippen LogP contribution < -0.4 is 20.5 Å². The summed E-state index contributed by atoms with van der Waals surface area (Å²) in [5.41, 5.74) is 6.97. The maximum absolute atomic E-state index is 5.88. The second-order valence-electron chi connectivity index (χ2n) is 4.48. The van der Waals surface area contributed by atoms with Crippen LogP contribution in [0.3, 0.4) is 0 Å². The summed E-state index contributed by atoms with van der Waals surface area (Å²) in [7, 11) is 0. The predicted molar refractivity (Wildman–Crippen MR) is 61.8 cm³/mol. The van der Waals surface area contributed by atoms with E-state index in [9.17, 15) is 0 Å². The molecule has 16 heavy (non-hydrogen) atoms. The van der Waals surface area contributed by atoms with E-state index in [1.165, 1.54) is 0 Å². The summed E-state index contributed by atoms with van der Waals surface area (Å²) >= 11 is 0. The van der Waals surface area contributed by atoms with Crippen molar-refractivity contribution in [2.75, 3.05) is 12.1 Å². The molecule has 0 saturated heterocycles. The molecular formula is C12H16N2O2. The summed E-state index contributed by atoms with van der Waals surface area (Å²) in [5, 5.41) is 3.49. The molecule has 4 nitrogen and oxygen atoms in total. The average molecular weight is 220 g/mol. The molecule has 1 aliphatic heterocycles. The molecule has 0 amide bonds. The molecule has 4 heteroatoms. The van der Waals surface area contributed by atoms with E-state index in [1.54, 1.807) is 0 Å². The first-order chi connectivity index (χ1) is 7.81. The Morgan fingerprint density at radius 2 is 2.06 bits per heavy atom. The Labute approximate surface area is 94.7 Å². The van der Waals surface area contributed by atoms with Gasteiger partial charge in [-0.1, -0.05) is 0 Å². The van der Waals surface area contributed by atoms with E-state index in [2.05, 4.69) is 5.32 Å². The number of anilines is 1. The summed E-state index contributed by atoms with van der Waals surface area (Å²) in [4.78, 5) is 0. The Morgan fingerprint density at radius 1 is 1.19 bits per heavy atom. The molecule has 1 aliphatic carbocycles. The summed E-state index contributed by atoms with van der Waals surface area (Å²) in [5.74, 6) is 1.65. The minimum atomic E-state index is 0.326. The third kappa shape index (κ3) is 1.80. The molecule has 0 radical (unpaired) electrons. The van der Waals surface area contributed by atoms with Gasteiger partial charge in [-0.05, 0) is 31.4 Å². The Morgan fingerprint density at radius 3 is 2.88 bits per heavy atom. The Hall–Kier alpha value is -1.42. The lowest BCUT2D eigenvalue weighted by atomic mass is 10.2. The second-order valence-corrected chi connectivity index (χ2v) is 4.48. The zero-order valence-corrected chi connectivity index (χ0v) is 9.11. The second kappa shape index (κ2) is 3.87. The van der Waals surface area contributed by atoms with E-state index >= 15 is 0 Å². The van der Waals surface area contributed by atoms with Crippen LogP contribution in [0.2, 0.25) is 0 Å². The molecule has 0 spiro atoms. The SMILES string of the molecule is NC1CCC(Nc2ccc3c(c2)OCO3)C1. The molecule has 2 unspecified atom stereocenters. The Bertz CT molecular complexity index is 395. The number of benzene rings is 1. The fourth-order valence-corrected chi connectivity index (χ4v) is 2.37. The van der Waals surface area contributed by atoms with Crippen LogP contribution in [0.5, 0.6) is 11.5 Å². The number of nitrogens with two attached hydrogens (primary N) is 1. The molecule has 1 fully saturated rings. The van der Waals surface area contributed by atoms with Crippen LogP contribution in [0.1, 0.15) is 19.3 Å². The molecule has 0 aromatic heterocycles. The molecule has 3 N–H and O–H groups in total. The van der Waals surface area contributed by atoms with E-state index < -0.39 is 0 Å². The third-order valence-corrected chi connectivity index (χ3v) is 3.22. The standard InChI is InChI=1S/C12H16N2O2/c13-8-1-2-9(5-8)14-10-3-4-11-12(6-10)16-7-15-11/h3-4,6,8-9,14H,1-2,5,7,13H2. The van der Waals surface area contributed by atoms with E-state index in [1.807, 2.05) is 18.2 Å². The Balaban J connectivity index is 1.71. The highest BCUT2D eigenvalue weighted by atomic mass is 16.7. The van der Waals surface area contributed by atoms with Crippen molar-refractivity contribution < 1.29 is 9.47 Å². The smallest absolute Gasteiger partial charge is 0.231 e. The van der Waals surface area contributed by atoms with Crippen molar-refractivity contribution in [3.8, 4) is 11.5 Å². The van der Waals surface area contributed by atoms with Crippen LogP contribution in [-0.2, 0) is 0 Å². The van der Waals surface area contributed by atoms with Crippen molar-refractivity contribution in [1.82, 2.24) is 0 Å². The normalized spacial score (nSPS) is 27.1. The molecule has 3 rings (SSSR count). The predicted octanol–water partition coefficient (Wildman–Crippen LogP) is 1.71. The first kappa shape index (κ1) is 9.78. The van der Waals surface area contributed by atoms with Gasteiger partial charge in [0.2, 0.25) is 6.79 Å². The van der Waals surface area contributed by atoms with Gasteiger partial charge >= 0.3 is 0 Å². The first-order valence-electron chi connectivity index (χ1n) is 5.73. The number of hydrogen-bond donors (Lipinski definition) is 2. The van der Waals surface area contributed by atoms with E-state index in [4.69, 9.17) is 15.2 Å². The molecule has 1 heterocycles. The van der Waals surface area contributed by atoms with Crippen molar-refractivity contribution in [3.05, 3.63) is 18.2 Å². The number of ether oxygens (including phenoxy) is 2. The average Bonchev–Trinajstić information content (AvgIpc) is 2.87. The topological polar surface area (TPSA) is 56.5 Å². The largest absolute Gasteiger partial charge is 0.454 e. The first-order valence-corrected chi connectivity index (χ1v) is 5.73. The fraction of sp³-hybridized carbons (Fsp3) is 0.500. The summed E-state index contributed by atoms with van der Waals surface area (Å²) in [6.07, 6.45) is 3.31. The van der Waals surface area contributed by atoms with Crippen molar-refractivity contribution in [1.29, 1.82) is 0 Å². The maximum Gasteiger partial charge on any atom is 0.231 e. The lowest BCUT2D eigenvalue weighted by molar-refractivity contribution is 0.174. The molecular weight excluding hydrogens is 204 g/mol. The fourth-order valence-electron chi connectivity index (χ4n) is 2.37. The van der Waals surface area contributed by atoms with Gasteiger partial charge in [0.25, 0.3) is 0 Å². The molecule has 2 aliphatic rings. The van der Waals surface area contributed by atoms with Gasteiger partial charge in [0.05, 0.1) is 0 Å². The number of hydrogen-bond acceptors (Lipinski definition) is 4. The van der Waals surface area contributed by atoms with Gasteiger partial charge in [-0.3, -0.25) is 0 Å². The molecule has 2 atom stereocenters. The van der Waals surface area contributed by atoms with Gasteiger partial charge in [0.1, 0.15) is 0 Å². The van der Waals surface area contributed by atoms with Gasteiger partial charge in [0.15, 0.2) is 11.5 Å². The van der Waals surface area contributed by atoms with Crippen LogP contribution in [0.4, 0.5) is 5.69 Å². The lowest BCUT2D eigenvalue weighted by Gasteiger charge is -2.14. The van der Waals surface area contributed by atoms with Gasteiger partial charge < -0.3 is 20.5 Å². The third-order valence-electron chi connectivity index (χ3n) is 3.22. The van der Waals surface area contributed by atoms with E-state index in [0.29, 0.717) is 18.9 Å². The molecule has 1 aromatic carbocycles. The molecule has 1 saturated carbocycles. The van der Waals surface area contributed by atoms with Crippen LogP contribution in [0, 0.1) is 0 Å². The number of nitrogens with one attached hydrogen (secondary N) is 1. The number of rotatable bonds is 2. The molecule has 0 bridgehead atoms. The van der Waals surface area contributed by atoms with Gasteiger partial charge in [-0.25, -0.2) is 0 Å². The Kier molecular flexibility index (Phi) is 2.36. The minimum Gasteiger partial charge on any atom is -0.454 e. The maximum atomic E-state index is 5.88. The van der Waals surface area contributed by atoms with Crippen LogP contribution in [-0.4, -0.2) is 18.9 Å². The van der Waals surface area contributed by atoms with E-state index in [-0.39, 0.29) is 0 Å². The molecule has 86 valence electrons. The highest BCUT2D eigenvalue weighted by Gasteiger charge is 2.22. The highest BCUT2D eigenvalue weighted by Crippen LogP contribution is 2.35. The number of fused-ring (bicyclic) bond motifs is 1. The van der Waals surface area contributed by atoms with Gasteiger partial charge in [-0.15, -0.1) is 0 Å². The van der Waals surface area contributed by atoms with Crippen LogP contribution in [0.25, 0.3) is 0 Å². The monoisotopic (exact) mass is 220 g/mol. The lowest BCUT2D eigenvalue weighted by Crippen LogP contribution is -2.20. The van der Waals surface area contributed by atoms with Crippen LogP contribution in [0.15, 0.2) is 18.2 Å². The minimum absolute atomic E-state index is 0.326. The van der Waals surface area contributed by atoms with Gasteiger partial charge in [-0.2, -0.15) is 0 Å². The quantitative estimate of drug-likeness (QED) is 0.796. The summed E-state index contributed by atoms with van der Waals surface area (Å²) < 4.78 is 10.6. The van der Waals surface area contributed by atoms with E-state index in [0.717, 1.165) is 36.4 Å². The van der Waals surface area contributed by atoms with Gasteiger partial charge in [0, 0.05) is 23.8 Å². The van der Waals surface area contributed by atoms with Crippen molar-refractivity contribution in [2.45, 2.75) is 31.3 Å². The highest BCUT2D eigenvalue weighted by molar-refractivity contribution is 5.56. The molecule has 1 aromatic rings. The summed E-state index contributed by atoms with van der Waals surface area (Å²) in [6, 6.07) is 6.81. The zero-order valence-electron chi connectivity index (χ0n) is 9.11. The van der Waals surface area contributed by atoms with Crippen LogP contribution >= 0.6 is 0 Å².